The zero-order chi connectivity index (χ0) is 22.3. The van der Waals surface area contributed by atoms with Crippen LogP contribution in [0.4, 0.5) is 0 Å². The fourth-order valence-corrected chi connectivity index (χ4v) is 21.5. The predicted octanol–water partition coefficient (Wildman–Crippen LogP) is 6.62. The van der Waals surface area contributed by atoms with Gasteiger partial charge in [-0.05, 0) is 0 Å². The summed E-state index contributed by atoms with van der Waals surface area (Å²) in [4.78, 5) is 12.6. The van der Waals surface area contributed by atoms with Gasteiger partial charge in [-0.1, -0.05) is 0 Å². The first-order valence-electron chi connectivity index (χ1n) is 12.7. The number of unbranched alkanes of at least 4 members (excludes halogenated alkanes) is 3. The number of esters is 1. The van der Waals surface area contributed by atoms with Crippen LogP contribution in [0, 0.1) is 0 Å². The summed E-state index contributed by atoms with van der Waals surface area (Å²) in [5, 5.41) is 0. The Morgan fingerprint density at radius 3 is 2.06 bits per heavy atom. The zero-order valence-electron chi connectivity index (χ0n) is 20.2. The van der Waals surface area contributed by atoms with Gasteiger partial charge in [0.1, 0.15) is 0 Å². The summed E-state index contributed by atoms with van der Waals surface area (Å²) in [5.41, 5.74) is 3.13. The van der Waals surface area contributed by atoms with Crippen molar-refractivity contribution in [1.29, 1.82) is 0 Å². The van der Waals surface area contributed by atoms with Gasteiger partial charge in [-0.25, -0.2) is 0 Å². The average molecular weight is 533 g/mol. The number of ether oxygens (including phenoxy) is 2. The fourth-order valence-electron chi connectivity index (χ4n) is 5.62. The Bertz CT molecular complexity index is 730. The molecule has 3 nitrogen and oxygen atoms in total. The second kappa shape index (κ2) is 11.9. The maximum absolute atomic E-state index is 12.6. The van der Waals surface area contributed by atoms with Gasteiger partial charge in [-0.15, -0.1) is 0 Å². The van der Waals surface area contributed by atoms with Gasteiger partial charge in [-0.3, -0.25) is 0 Å². The van der Waals surface area contributed by atoms with E-state index in [0.29, 0.717) is 0 Å². The van der Waals surface area contributed by atoms with E-state index in [9.17, 15) is 4.79 Å². The van der Waals surface area contributed by atoms with Gasteiger partial charge in [0.05, 0.1) is 0 Å². The van der Waals surface area contributed by atoms with E-state index in [1.165, 1.54) is 64.5 Å². The van der Waals surface area contributed by atoms with Gasteiger partial charge < -0.3 is 0 Å². The standard InChI is InChI=1S/C15H15O3.3C4H9.Sn/c1-17-15(16)14-12(10-5-3-2-4-6-10)9-11-7-8-13(14)18-11;3*1-3-4-2;/h3-6,11,13H,7-9H2,1H3;3*1,3-4H2,2H3;/t11?,13-;;;;/m0..../s1. The van der Waals surface area contributed by atoms with Crippen molar-refractivity contribution in [3.8, 4) is 0 Å². The van der Waals surface area contributed by atoms with Crippen LogP contribution in [0.15, 0.2) is 29.8 Å². The van der Waals surface area contributed by atoms with Crippen molar-refractivity contribution in [3.63, 3.8) is 0 Å². The fraction of sp³-hybridized carbons (Fsp3) is 0.667. The molecule has 1 aromatic rings. The van der Waals surface area contributed by atoms with Crippen molar-refractivity contribution < 1.29 is 14.3 Å². The summed E-state index contributed by atoms with van der Waals surface area (Å²) in [6, 6.07) is 9.53. The quantitative estimate of drug-likeness (QED) is 0.224. The summed E-state index contributed by atoms with van der Waals surface area (Å²) in [6.07, 6.45) is 11.0. The normalized spacial score (nSPS) is 20.9. The number of hydrogen-bond donors (Lipinski definition) is 0. The second-order valence-electron chi connectivity index (χ2n) is 9.58. The first-order chi connectivity index (χ1) is 15.1. The van der Waals surface area contributed by atoms with E-state index < -0.39 is 18.4 Å². The predicted molar refractivity (Wildman–Crippen MR) is 132 cm³/mol. The molecule has 0 N–H and O–H groups in total. The topological polar surface area (TPSA) is 35.5 Å². The Morgan fingerprint density at radius 2 is 1.55 bits per heavy atom. The number of hydrogen-bond acceptors (Lipinski definition) is 3. The minimum atomic E-state index is -2.41. The minimum absolute atomic E-state index is 0.0854. The molecule has 2 bridgehead atoms. The molecule has 0 aromatic heterocycles. The average Bonchev–Trinajstić information content (AvgIpc) is 3.19. The number of fused-ring (bicyclic) bond motifs is 2. The Hall–Kier alpha value is -0.811. The Labute approximate surface area is 193 Å². The second-order valence-corrected chi connectivity index (χ2v) is 22.8. The van der Waals surface area contributed by atoms with E-state index in [0.717, 1.165) is 30.4 Å². The molecule has 2 aliphatic rings. The molecule has 1 fully saturated rings. The molecule has 1 aromatic carbocycles. The molecule has 3 rings (SSSR count). The van der Waals surface area contributed by atoms with E-state index in [2.05, 4.69) is 45.0 Å². The molecule has 2 atom stereocenters. The van der Waals surface area contributed by atoms with Crippen molar-refractivity contribution in [2.75, 3.05) is 7.11 Å². The van der Waals surface area contributed by atoms with Crippen molar-refractivity contribution in [2.45, 2.75) is 104 Å². The number of benzene rings is 1. The third-order valence-corrected chi connectivity index (χ3v) is 23.1. The molecule has 2 aliphatic heterocycles. The third kappa shape index (κ3) is 5.76. The van der Waals surface area contributed by atoms with Gasteiger partial charge in [0.15, 0.2) is 0 Å². The molecule has 0 radical (unpaired) electrons. The van der Waals surface area contributed by atoms with Crippen LogP contribution in [-0.4, -0.2) is 43.7 Å². The molecule has 0 saturated carbocycles. The summed E-state index contributed by atoms with van der Waals surface area (Å²) >= 11 is -2.41. The molecule has 172 valence electrons. The molecule has 1 saturated heterocycles. The number of methoxy groups -OCH3 is 1. The Kier molecular flexibility index (Phi) is 9.51. The Morgan fingerprint density at radius 1 is 0.968 bits per heavy atom. The van der Waals surface area contributed by atoms with E-state index in [-0.39, 0.29) is 18.2 Å². The first-order valence-corrected chi connectivity index (χ1v) is 20.1. The first kappa shape index (κ1) is 24.8. The van der Waals surface area contributed by atoms with Crippen LogP contribution >= 0.6 is 0 Å². The van der Waals surface area contributed by atoms with Crippen LogP contribution in [0.1, 0.15) is 84.1 Å². The van der Waals surface area contributed by atoms with Crippen molar-refractivity contribution in [3.05, 3.63) is 35.4 Å². The maximum atomic E-state index is 12.6. The van der Waals surface area contributed by atoms with Gasteiger partial charge in [0.2, 0.25) is 0 Å². The third-order valence-electron chi connectivity index (χ3n) is 7.46. The van der Waals surface area contributed by atoms with E-state index in [1.807, 2.05) is 0 Å². The summed E-state index contributed by atoms with van der Waals surface area (Å²) < 4.78 is 17.3. The molecular weight excluding hydrogens is 491 g/mol. The van der Waals surface area contributed by atoms with Gasteiger partial charge in [0.25, 0.3) is 0 Å². The molecule has 1 unspecified atom stereocenters. The number of carbonyl (C=O) groups excluding carboxylic acids is 1. The molecule has 31 heavy (non-hydrogen) atoms. The van der Waals surface area contributed by atoms with Crippen molar-refractivity contribution >= 4 is 33.5 Å². The van der Waals surface area contributed by atoms with Gasteiger partial charge in [-0.2, -0.15) is 0 Å². The van der Waals surface area contributed by atoms with Crippen LogP contribution < -0.4 is 3.58 Å². The monoisotopic (exact) mass is 534 g/mol. The summed E-state index contributed by atoms with van der Waals surface area (Å²) in [5.74, 6) is -0.216. The summed E-state index contributed by atoms with van der Waals surface area (Å²) in [6.45, 7) is 7.00. The SMILES string of the molecule is CCC[CH2][Sn]([CH2]CCC)([CH2]CCC)[c]1ccc(C2=C(C(=O)OC)[C@@H]3CCC(C2)O3)cc1. The number of rotatable bonds is 12. The van der Waals surface area contributed by atoms with E-state index in [4.69, 9.17) is 9.47 Å². The molecule has 0 aliphatic carbocycles. The zero-order valence-corrected chi connectivity index (χ0v) is 23.0. The van der Waals surface area contributed by atoms with Crippen LogP contribution in [0.5, 0.6) is 0 Å². The van der Waals surface area contributed by atoms with Crippen LogP contribution in [0.3, 0.4) is 0 Å². The van der Waals surface area contributed by atoms with Gasteiger partial charge >= 0.3 is 194 Å². The molecular formula is C27H42O3Sn. The van der Waals surface area contributed by atoms with E-state index >= 15 is 0 Å². The molecule has 2 heterocycles. The molecule has 0 spiro atoms. The van der Waals surface area contributed by atoms with Crippen LogP contribution in [-0.2, 0) is 14.3 Å². The Balaban J connectivity index is 1.95. The number of carbonyl (C=O) groups is 1. The van der Waals surface area contributed by atoms with Crippen molar-refractivity contribution in [1.82, 2.24) is 0 Å². The molecule has 4 heteroatoms. The van der Waals surface area contributed by atoms with Crippen LogP contribution in [0.25, 0.3) is 5.57 Å². The van der Waals surface area contributed by atoms with Gasteiger partial charge in [0, 0.05) is 0 Å². The molecule has 0 amide bonds. The van der Waals surface area contributed by atoms with Crippen LogP contribution in [0.2, 0.25) is 13.3 Å². The van der Waals surface area contributed by atoms with E-state index in [1.54, 1.807) is 3.58 Å². The summed E-state index contributed by atoms with van der Waals surface area (Å²) in [7, 11) is 1.48. The van der Waals surface area contributed by atoms with Crippen molar-refractivity contribution in [2.24, 2.45) is 0 Å².